The molecule has 6 nitrogen and oxygen atoms in total. The molecule has 0 aromatic heterocycles. The van der Waals surface area contributed by atoms with Gasteiger partial charge in [-0.1, -0.05) is 6.07 Å². The molecule has 1 aliphatic rings. The highest BCUT2D eigenvalue weighted by molar-refractivity contribution is 7.89. The molecule has 0 spiro atoms. The first-order valence-electron chi connectivity index (χ1n) is 7.07. The molecule has 7 heteroatoms. The van der Waals surface area contributed by atoms with Gasteiger partial charge in [-0.15, -0.1) is 0 Å². The fourth-order valence-electron chi connectivity index (χ4n) is 2.60. The fourth-order valence-corrected chi connectivity index (χ4v) is 4.17. The zero-order valence-electron chi connectivity index (χ0n) is 12.7. The Bertz CT molecular complexity index is 707. The lowest BCUT2D eigenvalue weighted by atomic mass is 9.98. The molecular weight excluding hydrogens is 302 g/mol. The van der Waals surface area contributed by atoms with Crippen molar-refractivity contribution >= 4 is 15.9 Å². The van der Waals surface area contributed by atoms with Crippen molar-refractivity contribution in [2.75, 3.05) is 27.2 Å². The summed E-state index contributed by atoms with van der Waals surface area (Å²) in [7, 11) is -0.330. The van der Waals surface area contributed by atoms with E-state index in [1.54, 1.807) is 26.2 Å². The lowest BCUT2D eigenvalue weighted by Gasteiger charge is -2.32. The van der Waals surface area contributed by atoms with Gasteiger partial charge in [-0.2, -0.15) is 9.57 Å². The smallest absolute Gasteiger partial charge is 0.243 e. The van der Waals surface area contributed by atoms with Gasteiger partial charge in [-0.3, -0.25) is 4.79 Å². The second-order valence-corrected chi connectivity index (χ2v) is 7.51. The quantitative estimate of drug-likeness (QED) is 0.833. The molecular formula is C15H19N3O3S. The second kappa shape index (κ2) is 6.46. The minimum absolute atomic E-state index is 0.0503. The van der Waals surface area contributed by atoms with Crippen LogP contribution in [0.4, 0.5) is 0 Å². The lowest BCUT2D eigenvalue weighted by molar-refractivity contribution is -0.134. The molecule has 2 rings (SSSR count). The second-order valence-electron chi connectivity index (χ2n) is 5.57. The van der Waals surface area contributed by atoms with E-state index in [4.69, 9.17) is 5.26 Å². The number of rotatable bonds is 3. The first-order valence-corrected chi connectivity index (χ1v) is 8.51. The SMILES string of the molecule is CN(C)C(=O)C1CCCN(S(=O)(=O)c2cccc(C#N)c2)C1. The predicted octanol–water partition coefficient (Wildman–Crippen LogP) is 1.05. The topological polar surface area (TPSA) is 81.5 Å². The van der Waals surface area contributed by atoms with E-state index in [9.17, 15) is 13.2 Å². The first kappa shape index (κ1) is 16.5. The molecule has 1 heterocycles. The van der Waals surface area contributed by atoms with E-state index in [-0.39, 0.29) is 23.3 Å². The summed E-state index contributed by atoms with van der Waals surface area (Å²) < 4.78 is 26.7. The van der Waals surface area contributed by atoms with E-state index >= 15 is 0 Å². The van der Waals surface area contributed by atoms with Crippen molar-refractivity contribution in [1.29, 1.82) is 5.26 Å². The van der Waals surface area contributed by atoms with Crippen LogP contribution in [0.15, 0.2) is 29.2 Å². The molecule has 0 radical (unpaired) electrons. The highest BCUT2D eigenvalue weighted by Gasteiger charge is 2.33. The van der Waals surface area contributed by atoms with Gasteiger partial charge in [-0.05, 0) is 31.0 Å². The van der Waals surface area contributed by atoms with Crippen LogP contribution in [-0.2, 0) is 14.8 Å². The van der Waals surface area contributed by atoms with Gasteiger partial charge in [0, 0.05) is 27.2 Å². The van der Waals surface area contributed by atoms with E-state index in [1.165, 1.54) is 21.3 Å². The normalized spacial score (nSPS) is 19.4. The third-order valence-electron chi connectivity index (χ3n) is 3.78. The molecule has 1 aliphatic heterocycles. The van der Waals surface area contributed by atoms with Crippen molar-refractivity contribution in [3.8, 4) is 6.07 Å². The molecule has 22 heavy (non-hydrogen) atoms. The monoisotopic (exact) mass is 321 g/mol. The number of benzene rings is 1. The molecule has 1 saturated heterocycles. The van der Waals surface area contributed by atoms with Gasteiger partial charge in [0.05, 0.1) is 22.4 Å². The molecule has 1 fully saturated rings. The van der Waals surface area contributed by atoms with Crippen LogP contribution in [0.1, 0.15) is 18.4 Å². The summed E-state index contributed by atoms with van der Waals surface area (Å²) in [5.41, 5.74) is 0.305. The maximum absolute atomic E-state index is 12.7. The Balaban J connectivity index is 2.25. The number of carbonyl (C=O) groups excluding carboxylic acids is 1. The van der Waals surface area contributed by atoms with Gasteiger partial charge < -0.3 is 4.90 Å². The van der Waals surface area contributed by atoms with Crippen LogP contribution < -0.4 is 0 Å². The van der Waals surface area contributed by atoms with Gasteiger partial charge in [-0.25, -0.2) is 8.42 Å². The van der Waals surface area contributed by atoms with E-state index in [2.05, 4.69) is 0 Å². The van der Waals surface area contributed by atoms with Crippen LogP contribution >= 0.6 is 0 Å². The number of piperidine rings is 1. The van der Waals surface area contributed by atoms with Crippen LogP contribution in [0.3, 0.4) is 0 Å². The third-order valence-corrected chi connectivity index (χ3v) is 5.64. The van der Waals surface area contributed by atoms with Crippen LogP contribution in [-0.4, -0.2) is 50.7 Å². The van der Waals surface area contributed by atoms with E-state index in [0.717, 1.165) is 0 Å². The van der Waals surface area contributed by atoms with Crippen LogP contribution in [0.5, 0.6) is 0 Å². The van der Waals surface area contributed by atoms with Crippen LogP contribution in [0.25, 0.3) is 0 Å². The van der Waals surface area contributed by atoms with Crippen molar-refractivity contribution in [3.63, 3.8) is 0 Å². The van der Waals surface area contributed by atoms with E-state index in [0.29, 0.717) is 24.9 Å². The molecule has 1 atom stereocenters. The van der Waals surface area contributed by atoms with E-state index in [1.807, 2.05) is 6.07 Å². The standard InChI is InChI=1S/C15H19N3O3S/c1-17(2)15(19)13-6-4-8-18(11-13)22(20,21)14-7-3-5-12(9-14)10-16/h3,5,7,9,13H,4,6,8,11H2,1-2H3. The van der Waals surface area contributed by atoms with Crippen molar-refractivity contribution in [1.82, 2.24) is 9.21 Å². The maximum atomic E-state index is 12.7. The van der Waals surface area contributed by atoms with Gasteiger partial charge in [0.1, 0.15) is 0 Å². The minimum Gasteiger partial charge on any atom is -0.349 e. The third kappa shape index (κ3) is 3.29. The fraction of sp³-hybridized carbons (Fsp3) is 0.467. The summed E-state index contributed by atoms with van der Waals surface area (Å²) in [6, 6.07) is 7.90. The molecule has 1 aromatic carbocycles. The van der Waals surface area contributed by atoms with E-state index < -0.39 is 10.0 Å². The molecule has 0 aliphatic carbocycles. The average molecular weight is 321 g/mol. The molecule has 0 saturated carbocycles. The number of amides is 1. The highest BCUT2D eigenvalue weighted by atomic mass is 32.2. The number of hydrogen-bond donors (Lipinski definition) is 0. The zero-order valence-corrected chi connectivity index (χ0v) is 13.5. The summed E-state index contributed by atoms with van der Waals surface area (Å²) in [6.07, 6.45) is 1.35. The van der Waals surface area contributed by atoms with Gasteiger partial charge in [0.25, 0.3) is 0 Å². The van der Waals surface area contributed by atoms with Gasteiger partial charge in [0.2, 0.25) is 15.9 Å². The summed E-state index contributed by atoms with van der Waals surface area (Å²) in [5, 5.41) is 8.91. The Kier molecular flexibility index (Phi) is 4.84. The summed E-state index contributed by atoms with van der Waals surface area (Å²) >= 11 is 0. The van der Waals surface area contributed by atoms with Gasteiger partial charge in [0.15, 0.2) is 0 Å². The number of carbonyl (C=O) groups is 1. The summed E-state index contributed by atoms with van der Waals surface area (Å²) in [4.78, 5) is 13.7. The van der Waals surface area contributed by atoms with Gasteiger partial charge >= 0.3 is 0 Å². The predicted molar refractivity (Wildman–Crippen MR) is 81.3 cm³/mol. The van der Waals surface area contributed by atoms with Crippen molar-refractivity contribution in [3.05, 3.63) is 29.8 Å². The molecule has 0 bridgehead atoms. The Labute approximate surface area is 131 Å². The molecule has 1 unspecified atom stereocenters. The van der Waals surface area contributed by atoms with Crippen LogP contribution in [0.2, 0.25) is 0 Å². The maximum Gasteiger partial charge on any atom is 0.243 e. The number of nitriles is 1. The number of sulfonamides is 1. The largest absolute Gasteiger partial charge is 0.349 e. The van der Waals surface area contributed by atoms with Crippen molar-refractivity contribution < 1.29 is 13.2 Å². The summed E-state index contributed by atoms with van der Waals surface area (Å²) in [5.74, 6) is -0.358. The lowest BCUT2D eigenvalue weighted by Crippen LogP contribution is -2.45. The highest BCUT2D eigenvalue weighted by Crippen LogP contribution is 2.25. The number of nitrogens with zero attached hydrogens (tertiary/aromatic N) is 3. The minimum atomic E-state index is -3.68. The summed E-state index contributed by atoms with van der Waals surface area (Å²) in [6.45, 7) is 0.590. The average Bonchev–Trinajstić information content (AvgIpc) is 2.54. The molecule has 1 aromatic rings. The Morgan fingerprint density at radius 1 is 1.41 bits per heavy atom. The zero-order chi connectivity index (χ0) is 16.3. The first-order chi connectivity index (χ1) is 10.4. The molecule has 118 valence electrons. The Morgan fingerprint density at radius 2 is 2.14 bits per heavy atom. The van der Waals surface area contributed by atoms with Crippen molar-refractivity contribution in [2.45, 2.75) is 17.7 Å². The van der Waals surface area contributed by atoms with Crippen LogP contribution in [0, 0.1) is 17.2 Å². The molecule has 1 amide bonds. The molecule has 0 N–H and O–H groups in total. The Morgan fingerprint density at radius 3 is 2.77 bits per heavy atom. The number of hydrogen-bond acceptors (Lipinski definition) is 4. The Hall–Kier alpha value is -1.91. The van der Waals surface area contributed by atoms with Crippen molar-refractivity contribution in [2.24, 2.45) is 5.92 Å².